The Morgan fingerprint density at radius 3 is 2.38 bits per heavy atom. The lowest BCUT2D eigenvalue weighted by atomic mass is 9.98. The molecule has 2 nitrogen and oxygen atoms in total. The topological polar surface area (TPSA) is 18.5 Å². The molecule has 1 aromatic carbocycles. The standard InChI is InChI=1S/C14H22O2/c1-4-12(2)14-7-5-13(6-8-14)11-16-10-9-15-3/h5-8,12H,4,9-11H2,1-3H3. The van der Waals surface area contributed by atoms with Gasteiger partial charge in [-0.25, -0.2) is 0 Å². The molecule has 0 saturated carbocycles. The third kappa shape index (κ3) is 4.33. The van der Waals surface area contributed by atoms with Gasteiger partial charge in [0.25, 0.3) is 0 Å². The van der Waals surface area contributed by atoms with Gasteiger partial charge in [-0.3, -0.25) is 0 Å². The van der Waals surface area contributed by atoms with Gasteiger partial charge in [0.1, 0.15) is 0 Å². The van der Waals surface area contributed by atoms with Gasteiger partial charge in [0.05, 0.1) is 19.8 Å². The molecule has 1 atom stereocenters. The molecule has 0 amide bonds. The summed E-state index contributed by atoms with van der Waals surface area (Å²) in [6, 6.07) is 8.69. The van der Waals surface area contributed by atoms with Crippen molar-refractivity contribution >= 4 is 0 Å². The first-order chi connectivity index (χ1) is 7.77. The monoisotopic (exact) mass is 222 g/mol. The smallest absolute Gasteiger partial charge is 0.0718 e. The number of benzene rings is 1. The third-order valence-electron chi connectivity index (χ3n) is 2.86. The van der Waals surface area contributed by atoms with Crippen LogP contribution in [0.5, 0.6) is 0 Å². The van der Waals surface area contributed by atoms with Gasteiger partial charge >= 0.3 is 0 Å². The molecule has 0 aliphatic rings. The van der Waals surface area contributed by atoms with Gasteiger partial charge in [-0.1, -0.05) is 38.1 Å². The minimum atomic E-state index is 0.642. The van der Waals surface area contributed by atoms with Gasteiger partial charge in [0.2, 0.25) is 0 Å². The van der Waals surface area contributed by atoms with E-state index in [2.05, 4.69) is 38.1 Å². The second-order valence-electron chi connectivity index (χ2n) is 4.10. The Morgan fingerprint density at radius 2 is 1.81 bits per heavy atom. The van der Waals surface area contributed by atoms with Crippen LogP contribution in [0, 0.1) is 0 Å². The predicted molar refractivity (Wildman–Crippen MR) is 66.7 cm³/mol. The van der Waals surface area contributed by atoms with Crippen molar-refractivity contribution in [3.8, 4) is 0 Å². The zero-order valence-electron chi connectivity index (χ0n) is 10.5. The summed E-state index contributed by atoms with van der Waals surface area (Å²) in [6.45, 7) is 6.45. The van der Waals surface area contributed by atoms with Crippen LogP contribution in [0.1, 0.15) is 37.3 Å². The largest absolute Gasteiger partial charge is 0.382 e. The van der Waals surface area contributed by atoms with Crippen molar-refractivity contribution < 1.29 is 9.47 Å². The molecule has 0 heterocycles. The quantitative estimate of drug-likeness (QED) is 0.659. The van der Waals surface area contributed by atoms with Gasteiger partial charge < -0.3 is 9.47 Å². The van der Waals surface area contributed by atoms with Crippen molar-refractivity contribution in [3.05, 3.63) is 35.4 Å². The summed E-state index contributed by atoms with van der Waals surface area (Å²) in [5.41, 5.74) is 2.63. The molecule has 1 aromatic rings. The normalized spacial score (nSPS) is 12.7. The summed E-state index contributed by atoms with van der Waals surface area (Å²) in [7, 11) is 1.68. The Kier molecular flexibility index (Phi) is 6.12. The second kappa shape index (κ2) is 7.42. The van der Waals surface area contributed by atoms with Crippen LogP contribution in [-0.4, -0.2) is 20.3 Å². The van der Waals surface area contributed by atoms with Crippen LogP contribution >= 0.6 is 0 Å². The van der Waals surface area contributed by atoms with Crippen LogP contribution in [0.25, 0.3) is 0 Å². The third-order valence-corrected chi connectivity index (χ3v) is 2.86. The van der Waals surface area contributed by atoms with E-state index in [9.17, 15) is 0 Å². The van der Waals surface area contributed by atoms with Crippen LogP contribution in [0.2, 0.25) is 0 Å². The number of rotatable bonds is 7. The van der Waals surface area contributed by atoms with Crippen molar-refractivity contribution in [3.63, 3.8) is 0 Å². The fourth-order valence-corrected chi connectivity index (χ4v) is 1.51. The van der Waals surface area contributed by atoms with Crippen LogP contribution in [0.3, 0.4) is 0 Å². The minimum Gasteiger partial charge on any atom is -0.382 e. The van der Waals surface area contributed by atoms with Crippen molar-refractivity contribution in [1.29, 1.82) is 0 Å². The van der Waals surface area contributed by atoms with Crippen LogP contribution < -0.4 is 0 Å². The SMILES string of the molecule is CCC(C)c1ccc(COCCOC)cc1. The molecule has 0 aliphatic heterocycles. The van der Waals surface area contributed by atoms with E-state index < -0.39 is 0 Å². The van der Waals surface area contributed by atoms with Crippen LogP contribution in [-0.2, 0) is 16.1 Å². The van der Waals surface area contributed by atoms with Crippen molar-refractivity contribution in [2.75, 3.05) is 20.3 Å². The summed E-state index contributed by atoms with van der Waals surface area (Å²) in [6.07, 6.45) is 1.18. The fourth-order valence-electron chi connectivity index (χ4n) is 1.51. The molecule has 0 aromatic heterocycles. The number of methoxy groups -OCH3 is 1. The summed E-state index contributed by atoms with van der Waals surface area (Å²) < 4.78 is 10.4. The van der Waals surface area contributed by atoms with E-state index in [1.807, 2.05) is 0 Å². The van der Waals surface area contributed by atoms with Crippen molar-refractivity contribution in [1.82, 2.24) is 0 Å². The zero-order valence-corrected chi connectivity index (χ0v) is 10.5. The van der Waals surface area contributed by atoms with Gasteiger partial charge in [-0.15, -0.1) is 0 Å². The molecule has 0 fully saturated rings. The molecule has 16 heavy (non-hydrogen) atoms. The first kappa shape index (κ1) is 13.2. The van der Waals surface area contributed by atoms with Gasteiger partial charge in [-0.05, 0) is 23.5 Å². The second-order valence-corrected chi connectivity index (χ2v) is 4.10. The highest BCUT2D eigenvalue weighted by molar-refractivity contribution is 5.24. The molecule has 0 bridgehead atoms. The predicted octanol–water partition coefficient (Wildman–Crippen LogP) is 3.36. The highest BCUT2D eigenvalue weighted by atomic mass is 16.5. The number of ether oxygens (including phenoxy) is 2. The molecule has 0 N–H and O–H groups in total. The average molecular weight is 222 g/mol. The van der Waals surface area contributed by atoms with Gasteiger partial charge in [0, 0.05) is 7.11 Å². The van der Waals surface area contributed by atoms with Crippen LogP contribution in [0.4, 0.5) is 0 Å². The van der Waals surface area contributed by atoms with Crippen LogP contribution in [0.15, 0.2) is 24.3 Å². The minimum absolute atomic E-state index is 0.642. The Labute approximate surface area is 98.6 Å². The molecule has 1 unspecified atom stereocenters. The Balaban J connectivity index is 2.39. The maximum atomic E-state index is 5.46. The Bertz CT molecular complexity index is 279. The summed E-state index contributed by atoms with van der Waals surface area (Å²) >= 11 is 0. The first-order valence-electron chi connectivity index (χ1n) is 5.93. The van der Waals surface area contributed by atoms with Crippen molar-refractivity contribution in [2.45, 2.75) is 32.8 Å². The summed E-state index contributed by atoms with van der Waals surface area (Å²) in [4.78, 5) is 0. The van der Waals surface area contributed by atoms with Gasteiger partial charge in [-0.2, -0.15) is 0 Å². The lowest BCUT2D eigenvalue weighted by Crippen LogP contribution is -2.02. The Hall–Kier alpha value is -0.860. The summed E-state index contributed by atoms with van der Waals surface area (Å²) in [5.74, 6) is 0.642. The Morgan fingerprint density at radius 1 is 1.12 bits per heavy atom. The number of hydrogen-bond acceptors (Lipinski definition) is 2. The van der Waals surface area contributed by atoms with Crippen molar-refractivity contribution in [2.24, 2.45) is 0 Å². The van der Waals surface area contributed by atoms with E-state index in [0.717, 1.165) is 0 Å². The summed E-state index contributed by atoms with van der Waals surface area (Å²) in [5, 5.41) is 0. The zero-order chi connectivity index (χ0) is 11.8. The van der Waals surface area contributed by atoms with E-state index in [0.29, 0.717) is 25.7 Å². The maximum absolute atomic E-state index is 5.46. The molecule has 2 heteroatoms. The van der Waals surface area contributed by atoms with E-state index >= 15 is 0 Å². The molecule has 90 valence electrons. The van der Waals surface area contributed by atoms with E-state index in [1.54, 1.807) is 7.11 Å². The van der Waals surface area contributed by atoms with E-state index in [1.165, 1.54) is 17.5 Å². The highest BCUT2D eigenvalue weighted by Crippen LogP contribution is 2.18. The molecule has 0 radical (unpaired) electrons. The average Bonchev–Trinajstić information content (AvgIpc) is 2.34. The molecular formula is C14H22O2. The maximum Gasteiger partial charge on any atom is 0.0718 e. The molecule has 0 spiro atoms. The van der Waals surface area contributed by atoms with E-state index in [-0.39, 0.29) is 0 Å². The lowest BCUT2D eigenvalue weighted by molar-refractivity contribution is 0.0616. The van der Waals surface area contributed by atoms with E-state index in [4.69, 9.17) is 9.47 Å². The highest BCUT2D eigenvalue weighted by Gasteiger charge is 2.02. The number of hydrogen-bond donors (Lipinski definition) is 0. The molecule has 1 rings (SSSR count). The molecule has 0 saturated heterocycles. The molecular weight excluding hydrogens is 200 g/mol. The lowest BCUT2D eigenvalue weighted by Gasteiger charge is -2.10. The molecule has 0 aliphatic carbocycles. The van der Waals surface area contributed by atoms with Gasteiger partial charge in [0.15, 0.2) is 0 Å². The fraction of sp³-hybridized carbons (Fsp3) is 0.571. The first-order valence-corrected chi connectivity index (χ1v) is 5.93.